The minimum absolute atomic E-state index is 0.0939. The minimum Gasteiger partial charge on any atom is -0.0694 e. The Morgan fingerprint density at radius 2 is 1.22 bits per heavy atom. The molecule has 0 aliphatic carbocycles. The average molecular weight is 174 g/mol. The van der Waals surface area contributed by atoms with Crippen LogP contribution in [0.3, 0.4) is 0 Å². The summed E-state index contributed by atoms with van der Waals surface area (Å²) in [4.78, 5) is 0. The van der Waals surface area contributed by atoms with Crippen LogP contribution in [0, 0.1) is 0 Å². The molecule has 0 aromatic carbocycles. The zero-order valence-electron chi connectivity index (χ0n) is 7.50. The highest BCUT2D eigenvalue weighted by atomic mass is 29.4. The van der Waals surface area contributed by atoms with Crippen molar-refractivity contribution in [2.45, 2.75) is 39.3 Å². The van der Waals surface area contributed by atoms with Crippen LogP contribution >= 0.6 is 0 Å². The molecule has 0 fully saturated rings. The Balaban J connectivity index is 4.40. The van der Waals surface area contributed by atoms with E-state index in [1.807, 2.05) is 0 Å². The molecule has 0 saturated heterocycles. The molecule has 0 aromatic rings. The first-order valence-corrected chi connectivity index (χ1v) is 13.5. The molecule has 0 amide bonds. The predicted molar refractivity (Wildman–Crippen MR) is 52.4 cm³/mol. The van der Waals surface area contributed by atoms with Gasteiger partial charge >= 0.3 is 0 Å². The van der Waals surface area contributed by atoms with Crippen LogP contribution in [0.25, 0.3) is 0 Å². The largest absolute Gasteiger partial charge is 0.0694 e. The lowest BCUT2D eigenvalue weighted by Gasteiger charge is -2.17. The number of hydrogen-bond acceptors (Lipinski definition) is 0. The molecule has 0 aromatic heterocycles. The summed E-state index contributed by atoms with van der Waals surface area (Å²) in [5.41, 5.74) is 0. The van der Waals surface area contributed by atoms with Crippen LogP contribution in [0.5, 0.6) is 0 Å². The molecular weight excluding hydrogens is 156 g/mol. The van der Waals surface area contributed by atoms with Gasteiger partial charge in [-0.25, -0.2) is 0 Å². The van der Waals surface area contributed by atoms with Crippen molar-refractivity contribution in [2.75, 3.05) is 0 Å². The minimum atomic E-state index is -0.677. The topological polar surface area (TPSA) is 0 Å². The van der Waals surface area contributed by atoms with Crippen molar-refractivity contribution in [1.29, 1.82) is 0 Å². The maximum atomic E-state index is 2.53. The molecule has 9 heavy (non-hydrogen) atoms. The highest BCUT2D eigenvalue weighted by molar-refractivity contribution is 7.39. The number of rotatable bonds is 1. The van der Waals surface area contributed by atoms with Gasteiger partial charge in [0.15, 0.2) is 0 Å². The van der Waals surface area contributed by atoms with Crippen LogP contribution in [0.1, 0.15) is 0 Å². The molecule has 54 valence electrons. The van der Waals surface area contributed by atoms with Gasteiger partial charge in [-0.05, 0) is 15.3 Å². The van der Waals surface area contributed by atoms with Gasteiger partial charge in [0.05, 0.1) is 7.59 Å². The van der Waals surface area contributed by atoms with E-state index < -0.39 is 7.59 Å². The van der Waals surface area contributed by atoms with Gasteiger partial charge in [-0.15, -0.1) is 0 Å². The van der Waals surface area contributed by atoms with Crippen LogP contribution in [-0.2, 0) is 0 Å². The molecule has 0 saturated carbocycles. The standard InChI is InChI=1S/C6H18Si3/c1-7(2)8(3)9(4,5)6/h1-6H3. The van der Waals surface area contributed by atoms with E-state index in [0.717, 1.165) is 0 Å². The summed E-state index contributed by atoms with van der Waals surface area (Å²) in [5, 5.41) is 0. The molecule has 3 heteroatoms. The SMILES string of the molecule is C[Si](C)=[Si](C)[Si](C)(C)C. The summed E-state index contributed by atoms with van der Waals surface area (Å²) in [5.74, 6) is 0. The third kappa shape index (κ3) is 3.37. The Morgan fingerprint density at radius 1 is 0.889 bits per heavy atom. The fourth-order valence-corrected chi connectivity index (χ4v) is 20.2. The summed E-state index contributed by atoms with van der Waals surface area (Å²) < 4.78 is 0. The monoisotopic (exact) mass is 174 g/mol. The van der Waals surface area contributed by atoms with Crippen LogP contribution in [-0.4, -0.2) is 22.9 Å². The summed E-state index contributed by atoms with van der Waals surface area (Å²) in [6, 6.07) is 0. The zero-order valence-corrected chi connectivity index (χ0v) is 10.5. The summed E-state index contributed by atoms with van der Waals surface area (Å²) in [6.45, 7) is 15.0. The maximum Gasteiger partial charge on any atom is 0.0501 e. The van der Waals surface area contributed by atoms with E-state index in [4.69, 9.17) is 0 Å². The van der Waals surface area contributed by atoms with Crippen LogP contribution < -0.4 is 0 Å². The summed E-state index contributed by atoms with van der Waals surface area (Å²) >= 11 is 0. The van der Waals surface area contributed by atoms with Crippen molar-refractivity contribution in [3.05, 3.63) is 0 Å². The molecule has 0 rings (SSSR count). The Hall–Kier alpha value is 0.651. The van der Waals surface area contributed by atoms with Crippen molar-refractivity contribution in [1.82, 2.24) is 0 Å². The van der Waals surface area contributed by atoms with E-state index in [9.17, 15) is 0 Å². The smallest absolute Gasteiger partial charge is 0.0501 e. The molecule has 0 spiro atoms. The molecule has 0 aliphatic rings. The Labute approximate surface area is 62.6 Å². The normalized spacial score (nSPS) is 11.3. The van der Waals surface area contributed by atoms with Gasteiger partial charge in [0.1, 0.15) is 0 Å². The second-order valence-electron chi connectivity index (χ2n) is 3.88. The van der Waals surface area contributed by atoms with Crippen molar-refractivity contribution < 1.29 is 0 Å². The number of hydrogen-bond donors (Lipinski definition) is 0. The Kier molecular flexibility index (Phi) is 3.39. The van der Waals surface area contributed by atoms with Crippen molar-refractivity contribution in [2.24, 2.45) is 0 Å². The Morgan fingerprint density at radius 3 is 1.22 bits per heavy atom. The molecule has 0 heterocycles. The van der Waals surface area contributed by atoms with Crippen LogP contribution in [0.15, 0.2) is 0 Å². The second-order valence-corrected chi connectivity index (χ2v) is 25.1. The lowest BCUT2D eigenvalue weighted by molar-refractivity contribution is 1.84. The van der Waals surface area contributed by atoms with Gasteiger partial charge in [-0.3, -0.25) is 0 Å². The maximum absolute atomic E-state index is 2.53. The van der Waals surface area contributed by atoms with Crippen molar-refractivity contribution >= 4 is 22.9 Å². The van der Waals surface area contributed by atoms with E-state index >= 15 is 0 Å². The molecule has 0 aliphatic heterocycles. The lowest BCUT2D eigenvalue weighted by atomic mass is 11.8. The average Bonchev–Trinajstić information content (AvgIpc) is 1.62. The molecule has 0 atom stereocenters. The first-order chi connectivity index (χ1) is 3.85. The van der Waals surface area contributed by atoms with Gasteiger partial charge in [0.2, 0.25) is 0 Å². The quantitative estimate of drug-likeness (QED) is 0.536. The molecule has 0 radical (unpaired) electrons. The molecule has 0 N–H and O–H groups in total. The fraction of sp³-hybridized carbons (Fsp3) is 1.00. The molecule has 0 unspecified atom stereocenters. The second kappa shape index (κ2) is 3.16. The van der Waals surface area contributed by atoms with E-state index in [1.165, 1.54) is 0 Å². The van der Waals surface area contributed by atoms with Gasteiger partial charge in [0.25, 0.3) is 0 Å². The van der Waals surface area contributed by atoms with Gasteiger partial charge in [-0.1, -0.05) is 39.3 Å². The van der Waals surface area contributed by atoms with Crippen molar-refractivity contribution in [3.8, 4) is 0 Å². The van der Waals surface area contributed by atoms with Crippen molar-refractivity contribution in [3.63, 3.8) is 0 Å². The van der Waals surface area contributed by atoms with E-state index in [1.54, 1.807) is 0 Å². The first kappa shape index (κ1) is 9.65. The highest BCUT2D eigenvalue weighted by Crippen LogP contribution is 2.00. The fourth-order valence-electron chi connectivity index (χ4n) is 0.750. The molecule has 0 nitrogen and oxygen atoms in total. The lowest BCUT2D eigenvalue weighted by Crippen LogP contribution is -2.37. The first-order valence-electron chi connectivity index (χ1n) is 3.50. The zero-order chi connectivity index (χ0) is 7.65. The predicted octanol–water partition coefficient (Wildman–Crippen LogP) is 2.36. The van der Waals surface area contributed by atoms with E-state index in [-0.39, 0.29) is 15.3 Å². The van der Waals surface area contributed by atoms with Crippen LogP contribution in [0.2, 0.25) is 39.3 Å². The van der Waals surface area contributed by atoms with Gasteiger partial charge in [-0.2, -0.15) is 0 Å². The highest BCUT2D eigenvalue weighted by Gasteiger charge is 2.16. The van der Waals surface area contributed by atoms with Crippen LogP contribution in [0.4, 0.5) is 0 Å². The third-order valence-corrected chi connectivity index (χ3v) is 28.1. The Bertz CT molecular complexity index is 126. The van der Waals surface area contributed by atoms with Gasteiger partial charge < -0.3 is 0 Å². The molecular formula is C6H18Si3. The molecule has 0 bridgehead atoms. The third-order valence-electron chi connectivity index (χ3n) is 1.88. The summed E-state index contributed by atoms with van der Waals surface area (Å²) in [6.07, 6.45) is 0. The van der Waals surface area contributed by atoms with E-state index in [2.05, 4.69) is 39.3 Å². The van der Waals surface area contributed by atoms with Gasteiger partial charge in [0, 0.05) is 0 Å². The van der Waals surface area contributed by atoms with E-state index in [0.29, 0.717) is 0 Å². The summed E-state index contributed by atoms with van der Waals surface area (Å²) in [7, 11) is -0.464.